The van der Waals surface area contributed by atoms with Crippen LogP contribution in [0.15, 0.2) is 0 Å². The lowest BCUT2D eigenvalue weighted by Crippen LogP contribution is -2.55. The molecule has 0 aliphatic heterocycles. The second kappa shape index (κ2) is 6.84. The van der Waals surface area contributed by atoms with Crippen molar-refractivity contribution in [2.24, 2.45) is 5.73 Å². The number of hydrogen-bond acceptors (Lipinski definition) is 4. The molecule has 0 spiro atoms. The SMILES string of the molecule is COCCCS(=O)(=O)N(C)C1(CN)CCCCC1. The van der Waals surface area contributed by atoms with E-state index >= 15 is 0 Å². The summed E-state index contributed by atoms with van der Waals surface area (Å²) >= 11 is 0. The van der Waals surface area contributed by atoms with Crippen molar-refractivity contribution >= 4 is 10.0 Å². The van der Waals surface area contributed by atoms with Gasteiger partial charge in [-0.05, 0) is 19.3 Å². The maximum absolute atomic E-state index is 12.3. The molecule has 0 aromatic carbocycles. The van der Waals surface area contributed by atoms with Gasteiger partial charge in [0.25, 0.3) is 0 Å². The highest BCUT2D eigenvalue weighted by molar-refractivity contribution is 7.89. The average molecular weight is 278 g/mol. The van der Waals surface area contributed by atoms with Crippen molar-refractivity contribution in [1.82, 2.24) is 4.31 Å². The minimum Gasteiger partial charge on any atom is -0.385 e. The van der Waals surface area contributed by atoms with Crippen LogP contribution in [0.2, 0.25) is 0 Å². The molecule has 1 rings (SSSR count). The van der Waals surface area contributed by atoms with E-state index in [1.54, 1.807) is 14.2 Å². The number of ether oxygens (including phenoxy) is 1. The molecule has 0 aromatic rings. The van der Waals surface area contributed by atoms with E-state index in [0.717, 1.165) is 25.7 Å². The van der Waals surface area contributed by atoms with Crippen molar-refractivity contribution in [2.75, 3.05) is 33.1 Å². The van der Waals surface area contributed by atoms with Crippen LogP contribution >= 0.6 is 0 Å². The predicted octanol–water partition coefficient (Wildman–Crippen LogP) is 0.946. The molecule has 1 fully saturated rings. The molecule has 0 amide bonds. The highest BCUT2D eigenvalue weighted by Gasteiger charge is 2.40. The molecule has 0 unspecified atom stereocenters. The Labute approximate surface area is 111 Å². The number of hydrogen-bond donors (Lipinski definition) is 1. The molecule has 0 heterocycles. The minimum absolute atomic E-state index is 0.138. The Hall–Kier alpha value is -0.170. The fourth-order valence-electron chi connectivity index (χ4n) is 2.68. The van der Waals surface area contributed by atoms with Crippen LogP contribution < -0.4 is 5.73 Å². The molecule has 2 N–H and O–H groups in total. The van der Waals surface area contributed by atoms with E-state index in [0.29, 0.717) is 19.6 Å². The van der Waals surface area contributed by atoms with Gasteiger partial charge in [0, 0.05) is 32.8 Å². The first-order valence-electron chi connectivity index (χ1n) is 6.64. The third kappa shape index (κ3) is 3.66. The summed E-state index contributed by atoms with van der Waals surface area (Å²) in [5, 5.41) is 0. The van der Waals surface area contributed by atoms with Gasteiger partial charge in [-0.15, -0.1) is 0 Å². The van der Waals surface area contributed by atoms with Gasteiger partial charge in [-0.2, -0.15) is 4.31 Å². The van der Waals surface area contributed by atoms with Gasteiger partial charge in [0.05, 0.1) is 5.75 Å². The third-order valence-corrected chi connectivity index (χ3v) is 6.03. The summed E-state index contributed by atoms with van der Waals surface area (Å²) in [5.74, 6) is 0.138. The molecule has 1 aliphatic carbocycles. The van der Waals surface area contributed by atoms with Gasteiger partial charge in [0.2, 0.25) is 10.0 Å². The zero-order chi connectivity index (χ0) is 13.6. The lowest BCUT2D eigenvalue weighted by atomic mass is 9.82. The van der Waals surface area contributed by atoms with Gasteiger partial charge < -0.3 is 10.5 Å². The van der Waals surface area contributed by atoms with E-state index in [1.165, 1.54) is 10.7 Å². The minimum atomic E-state index is -3.23. The van der Waals surface area contributed by atoms with E-state index in [9.17, 15) is 8.42 Å². The van der Waals surface area contributed by atoms with Crippen molar-refractivity contribution in [1.29, 1.82) is 0 Å². The average Bonchev–Trinajstić information content (AvgIpc) is 2.39. The molecule has 0 radical (unpaired) electrons. The summed E-state index contributed by atoms with van der Waals surface area (Å²) in [6, 6.07) is 0. The first-order valence-corrected chi connectivity index (χ1v) is 8.25. The quantitative estimate of drug-likeness (QED) is 0.704. The van der Waals surface area contributed by atoms with Crippen LogP contribution in [-0.4, -0.2) is 51.3 Å². The fraction of sp³-hybridized carbons (Fsp3) is 1.00. The van der Waals surface area contributed by atoms with Gasteiger partial charge in [0.1, 0.15) is 0 Å². The van der Waals surface area contributed by atoms with Crippen molar-refractivity contribution in [3.63, 3.8) is 0 Å². The summed E-state index contributed by atoms with van der Waals surface area (Å²) in [6.07, 6.45) is 5.60. The second-order valence-electron chi connectivity index (χ2n) is 5.12. The number of likely N-dealkylation sites (N-methyl/N-ethyl adjacent to an activating group) is 1. The Kier molecular flexibility index (Phi) is 6.04. The van der Waals surface area contributed by atoms with Gasteiger partial charge in [-0.3, -0.25) is 0 Å². The summed E-state index contributed by atoms with van der Waals surface area (Å²) in [7, 11) is 0.0337. The number of methoxy groups -OCH3 is 1. The molecule has 18 heavy (non-hydrogen) atoms. The predicted molar refractivity (Wildman–Crippen MR) is 72.9 cm³/mol. The zero-order valence-corrected chi connectivity index (χ0v) is 12.3. The van der Waals surface area contributed by atoms with Crippen LogP contribution in [-0.2, 0) is 14.8 Å². The Morgan fingerprint density at radius 2 is 1.89 bits per heavy atom. The Morgan fingerprint density at radius 3 is 2.39 bits per heavy atom. The molecule has 5 nitrogen and oxygen atoms in total. The largest absolute Gasteiger partial charge is 0.385 e. The smallest absolute Gasteiger partial charge is 0.214 e. The maximum atomic E-state index is 12.3. The van der Waals surface area contributed by atoms with Gasteiger partial charge in [-0.25, -0.2) is 8.42 Å². The zero-order valence-electron chi connectivity index (χ0n) is 11.5. The van der Waals surface area contributed by atoms with Crippen LogP contribution in [0.5, 0.6) is 0 Å². The van der Waals surface area contributed by atoms with Crippen molar-refractivity contribution in [3.8, 4) is 0 Å². The lowest BCUT2D eigenvalue weighted by Gasteiger charge is -2.43. The van der Waals surface area contributed by atoms with E-state index in [1.807, 2.05) is 0 Å². The lowest BCUT2D eigenvalue weighted by molar-refractivity contribution is 0.158. The molecular weight excluding hydrogens is 252 g/mol. The van der Waals surface area contributed by atoms with Crippen molar-refractivity contribution < 1.29 is 13.2 Å². The van der Waals surface area contributed by atoms with Crippen LogP contribution in [0, 0.1) is 0 Å². The standard InChI is InChI=1S/C12H26N2O3S/c1-14(18(15,16)10-6-9-17-2)12(11-13)7-4-3-5-8-12/h3-11,13H2,1-2H3. The van der Waals surface area contributed by atoms with Gasteiger partial charge in [0.15, 0.2) is 0 Å². The molecule has 0 aromatic heterocycles. The van der Waals surface area contributed by atoms with Crippen molar-refractivity contribution in [3.05, 3.63) is 0 Å². The molecule has 0 bridgehead atoms. The first-order chi connectivity index (χ1) is 8.48. The monoisotopic (exact) mass is 278 g/mol. The molecular formula is C12H26N2O3S. The summed E-state index contributed by atoms with van der Waals surface area (Å²) < 4.78 is 31.0. The topological polar surface area (TPSA) is 72.6 Å². The number of nitrogens with zero attached hydrogens (tertiary/aromatic N) is 1. The Morgan fingerprint density at radius 1 is 1.28 bits per heavy atom. The highest BCUT2D eigenvalue weighted by Crippen LogP contribution is 2.33. The molecule has 1 saturated carbocycles. The van der Waals surface area contributed by atoms with Crippen LogP contribution in [0.4, 0.5) is 0 Å². The van der Waals surface area contributed by atoms with Crippen LogP contribution in [0.25, 0.3) is 0 Å². The molecule has 1 aliphatic rings. The maximum Gasteiger partial charge on any atom is 0.214 e. The molecule has 6 heteroatoms. The van der Waals surface area contributed by atoms with Gasteiger partial charge >= 0.3 is 0 Å². The molecule has 0 atom stereocenters. The second-order valence-corrected chi connectivity index (χ2v) is 7.24. The summed E-state index contributed by atoms with van der Waals surface area (Å²) in [5.41, 5.74) is 5.50. The van der Waals surface area contributed by atoms with E-state index in [4.69, 9.17) is 10.5 Å². The first kappa shape index (κ1) is 15.9. The number of rotatable bonds is 7. The van der Waals surface area contributed by atoms with Crippen LogP contribution in [0.1, 0.15) is 38.5 Å². The van der Waals surface area contributed by atoms with E-state index < -0.39 is 10.0 Å². The van der Waals surface area contributed by atoms with E-state index in [2.05, 4.69) is 0 Å². The van der Waals surface area contributed by atoms with E-state index in [-0.39, 0.29) is 11.3 Å². The normalized spacial score (nSPS) is 20.2. The third-order valence-electron chi connectivity index (χ3n) is 4.00. The Bertz CT molecular complexity index is 337. The molecule has 108 valence electrons. The Balaban J connectivity index is 2.72. The fourth-order valence-corrected chi connectivity index (χ4v) is 4.28. The number of nitrogens with two attached hydrogens (primary N) is 1. The van der Waals surface area contributed by atoms with Crippen LogP contribution in [0.3, 0.4) is 0 Å². The molecule has 0 saturated heterocycles. The van der Waals surface area contributed by atoms with Crippen molar-refractivity contribution in [2.45, 2.75) is 44.1 Å². The number of sulfonamides is 1. The summed E-state index contributed by atoms with van der Waals surface area (Å²) in [4.78, 5) is 0. The highest BCUT2D eigenvalue weighted by atomic mass is 32.2. The van der Waals surface area contributed by atoms with Gasteiger partial charge in [-0.1, -0.05) is 19.3 Å². The summed E-state index contributed by atoms with van der Waals surface area (Å²) in [6.45, 7) is 0.885.